The summed E-state index contributed by atoms with van der Waals surface area (Å²) in [5, 5.41) is 0.247. The first-order valence-corrected chi connectivity index (χ1v) is 8.71. The van der Waals surface area contributed by atoms with Crippen LogP contribution in [0.25, 0.3) is 11.2 Å². The number of aromatic nitrogens is 4. The number of Topliss-reactive ketones (excluding diaryl/α,β-unsaturated/α-hetero) is 1. The Morgan fingerprint density at radius 2 is 1.76 bits per heavy atom. The number of H-pyrrole nitrogens is 1. The highest BCUT2D eigenvalue weighted by Gasteiger charge is 2.21. The van der Waals surface area contributed by atoms with Gasteiger partial charge < -0.3 is 16.5 Å². The van der Waals surface area contributed by atoms with Crippen molar-refractivity contribution in [2.75, 3.05) is 11.5 Å². The van der Waals surface area contributed by atoms with E-state index in [0.717, 1.165) is 16.7 Å². The third kappa shape index (κ3) is 3.30. The number of nitrogens with two attached hydrogens (primary N) is 2. The van der Waals surface area contributed by atoms with Crippen LogP contribution < -0.4 is 11.5 Å². The number of nitrogen functional groups attached to an aromatic ring is 2. The standard InChI is InChI=1S/C17H20N6OS/c1-7-5-9(3)11(6-8(7)2)13(24)10(4)25-17-20-12-14(18)21-16(19)22-15(12)23-17/h5-6,10H,1-4H3,(H5,18,19,20,21,22,23). The Balaban J connectivity index is 1.87. The number of nitrogens with zero attached hydrogens (tertiary/aromatic N) is 3. The van der Waals surface area contributed by atoms with E-state index in [1.54, 1.807) is 0 Å². The lowest BCUT2D eigenvalue weighted by molar-refractivity contribution is 0.0993. The maximum Gasteiger partial charge on any atom is 0.224 e. The number of hydrogen-bond acceptors (Lipinski definition) is 7. The summed E-state index contributed by atoms with van der Waals surface area (Å²) < 4.78 is 0. The molecule has 5 N–H and O–H groups in total. The van der Waals surface area contributed by atoms with Gasteiger partial charge in [0.15, 0.2) is 22.4 Å². The monoisotopic (exact) mass is 356 g/mol. The molecule has 3 rings (SSSR count). The molecule has 0 fully saturated rings. The summed E-state index contributed by atoms with van der Waals surface area (Å²) >= 11 is 1.33. The van der Waals surface area contributed by atoms with Crippen molar-refractivity contribution >= 4 is 40.5 Å². The topological polar surface area (TPSA) is 124 Å². The van der Waals surface area contributed by atoms with Crippen LogP contribution in [0, 0.1) is 20.8 Å². The van der Waals surface area contributed by atoms with Gasteiger partial charge in [-0.1, -0.05) is 17.8 Å². The van der Waals surface area contributed by atoms with Crippen LogP contribution in [0.1, 0.15) is 34.0 Å². The molecule has 8 heteroatoms. The number of anilines is 2. The first-order valence-electron chi connectivity index (χ1n) is 7.83. The highest BCUT2D eigenvalue weighted by molar-refractivity contribution is 8.00. The Kier molecular flexibility index (Phi) is 4.38. The van der Waals surface area contributed by atoms with Gasteiger partial charge in [0.1, 0.15) is 5.52 Å². The molecule has 0 amide bonds. The maximum absolute atomic E-state index is 12.8. The van der Waals surface area contributed by atoms with Gasteiger partial charge in [0, 0.05) is 5.56 Å². The number of aromatic amines is 1. The number of benzene rings is 1. The van der Waals surface area contributed by atoms with Gasteiger partial charge in [-0.2, -0.15) is 9.97 Å². The van der Waals surface area contributed by atoms with Gasteiger partial charge in [0.05, 0.1) is 5.25 Å². The summed E-state index contributed by atoms with van der Waals surface area (Å²) in [5.41, 5.74) is 16.3. The molecule has 25 heavy (non-hydrogen) atoms. The predicted molar refractivity (Wildman–Crippen MR) is 101 cm³/mol. The second-order valence-corrected chi connectivity index (χ2v) is 7.41. The second-order valence-electron chi connectivity index (χ2n) is 6.08. The normalized spacial score (nSPS) is 12.5. The Morgan fingerprint density at radius 3 is 2.48 bits per heavy atom. The number of rotatable bonds is 4. The minimum absolute atomic E-state index is 0.0598. The van der Waals surface area contributed by atoms with E-state index >= 15 is 0 Å². The van der Waals surface area contributed by atoms with E-state index in [4.69, 9.17) is 11.5 Å². The third-order valence-corrected chi connectivity index (χ3v) is 5.12. The summed E-state index contributed by atoms with van der Waals surface area (Å²) in [6.07, 6.45) is 0. The minimum atomic E-state index is -0.312. The summed E-state index contributed by atoms with van der Waals surface area (Å²) in [6, 6.07) is 3.99. The average Bonchev–Trinajstić information content (AvgIpc) is 2.92. The predicted octanol–water partition coefficient (Wildman–Crippen LogP) is 2.81. The van der Waals surface area contributed by atoms with Crippen LogP contribution in [-0.2, 0) is 0 Å². The Hall–Kier alpha value is -2.61. The molecule has 2 aromatic heterocycles. The lowest BCUT2D eigenvalue weighted by Gasteiger charge is -2.13. The zero-order chi connectivity index (χ0) is 18.3. The summed E-state index contributed by atoms with van der Waals surface area (Å²) in [7, 11) is 0. The van der Waals surface area contributed by atoms with Gasteiger partial charge in [-0.15, -0.1) is 0 Å². The Bertz CT molecular complexity index is 981. The van der Waals surface area contributed by atoms with E-state index in [1.807, 2.05) is 39.8 Å². The molecule has 0 saturated carbocycles. The fraction of sp³-hybridized carbons (Fsp3) is 0.294. The quantitative estimate of drug-likeness (QED) is 0.485. The Labute approximate surface area is 149 Å². The molecule has 7 nitrogen and oxygen atoms in total. The molecule has 2 heterocycles. The molecule has 0 bridgehead atoms. The number of ketones is 1. The van der Waals surface area contributed by atoms with Gasteiger partial charge in [-0.25, -0.2) is 4.98 Å². The van der Waals surface area contributed by atoms with Gasteiger partial charge in [-0.05, 0) is 50.5 Å². The molecule has 0 aliphatic heterocycles. The molecule has 0 saturated heterocycles. The zero-order valence-electron chi connectivity index (χ0n) is 14.5. The van der Waals surface area contributed by atoms with Crippen LogP contribution in [0.15, 0.2) is 17.3 Å². The van der Waals surface area contributed by atoms with E-state index in [0.29, 0.717) is 16.3 Å². The van der Waals surface area contributed by atoms with E-state index in [9.17, 15) is 4.79 Å². The fourth-order valence-corrected chi connectivity index (χ4v) is 3.51. The van der Waals surface area contributed by atoms with Crippen LogP contribution in [0.2, 0.25) is 0 Å². The fourth-order valence-electron chi connectivity index (χ4n) is 2.64. The van der Waals surface area contributed by atoms with E-state index in [2.05, 4.69) is 19.9 Å². The second kappa shape index (κ2) is 6.36. The molecular formula is C17H20N6OS. The highest BCUT2D eigenvalue weighted by atomic mass is 32.2. The van der Waals surface area contributed by atoms with Crippen molar-refractivity contribution in [3.63, 3.8) is 0 Å². The lowest BCUT2D eigenvalue weighted by Crippen LogP contribution is -2.15. The largest absolute Gasteiger partial charge is 0.382 e. The first-order chi connectivity index (χ1) is 11.8. The molecule has 0 aliphatic rings. The minimum Gasteiger partial charge on any atom is -0.382 e. The molecule has 0 radical (unpaired) electrons. The van der Waals surface area contributed by atoms with Crippen molar-refractivity contribution in [1.29, 1.82) is 0 Å². The van der Waals surface area contributed by atoms with Crippen LogP contribution >= 0.6 is 11.8 Å². The average molecular weight is 356 g/mol. The molecule has 1 aromatic carbocycles. The lowest BCUT2D eigenvalue weighted by atomic mass is 9.97. The molecular weight excluding hydrogens is 336 g/mol. The number of hydrogen-bond donors (Lipinski definition) is 3. The van der Waals surface area contributed by atoms with Crippen molar-refractivity contribution in [2.45, 2.75) is 38.1 Å². The molecule has 3 aromatic rings. The molecule has 1 atom stereocenters. The summed E-state index contributed by atoms with van der Waals surface area (Å²) in [5.74, 6) is 0.374. The van der Waals surface area contributed by atoms with Gasteiger partial charge >= 0.3 is 0 Å². The molecule has 0 spiro atoms. The summed E-state index contributed by atoms with van der Waals surface area (Å²) in [6.45, 7) is 7.87. The number of imidazole rings is 1. The van der Waals surface area contributed by atoms with Crippen molar-refractivity contribution in [3.8, 4) is 0 Å². The molecule has 130 valence electrons. The van der Waals surface area contributed by atoms with E-state index in [1.165, 1.54) is 17.3 Å². The van der Waals surface area contributed by atoms with E-state index < -0.39 is 0 Å². The molecule has 0 aliphatic carbocycles. The van der Waals surface area contributed by atoms with Crippen LogP contribution in [0.3, 0.4) is 0 Å². The van der Waals surface area contributed by atoms with Crippen molar-refractivity contribution in [3.05, 3.63) is 34.4 Å². The number of nitrogens with one attached hydrogen (secondary N) is 1. The van der Waals surface area contributed by atoms with Crippen molar-refractivity contribution < 1.29 is 4.79 Å². The first kappa shape index (κ1) is 17.2. The number of carbonyl (C=O) groups is 1. The van der Waals surface area contributed by atoms with Crippen LogP contribution in [0.5, 0.6) is 0 Å². The maximum atomic E-state index is 12.8. The van der Waals surface area contributed by atoms with Crippen LogP contribution in [0.4, 0.5) is 11.8 Å². The SMILES string of the molecule is Cc1cc(C)c(C(=O)C(C)Sc2nc3nc(N)nc(N)c3[nH]2)cc1C. The number of thioether (sulfide) groups is 1. The highest BCUT2D eigenvalue weighted by Crippen LogP contribution is 2.28. The zero-order valence-corrected chi connectivity index (χ0v) is 15.4. The Morgan fingerprint density at radius 1 is 1.08 bits per heavy atom. The van der Waals surface area contributed by atoms with Crippen molar-refractivity contribution in [2.24, 2.45) is 0 Å². The smallest absolute Gasteiger partial charge is 0.224 e. The molecule has 1 unspecified atom stereocenters. The third-order valence-electron chi connectivity index (χ3n) is 4.14. The van der Waals surface area contributed by atoms with Crippen molar-refractivity contribution in [1.82, 2.24) is 19.9 Å². The summed E-state index contributed by atoms with van der Waals surface area (Å²) in [4.78, 5) is 28.2. The van der Waals surface area contributed by atoms with Gasteiger partial charge in [-0.3, -0.25) is 4.79 Å². The van der Waals surface area contributed by atoms with Gasteiger partial charge in [0.25, 0.3) is 0 Å². The number of fused-ring (bicyclic) bond motifs is 1. The number of aryl methyl sites for hydroxylation is 3. The van der Waals surface area contributed by atoms with Crippen LogP contribution in [-0.4, -0.2) is 31.0 Å². The number of carbonyl (C=O) groups excluding carboxylic acids is 1. The van der Waals surface area contributed by atoms with Gasteiger partial charge in [0.2, 0.25) is 5.95 Å². The van der Waals surface area contributed by atoms with E-state index in [-0.39, 0.29) is 22.8 Å².